The predicted molar refractivity (Wildman–Crippen MR) is 147 cm³/mol. The van der Waals surface area contributed by atoms with Crippen LogP contribution in [0.4, 0.5) is 0 Å². The molecule has 0 heterocycles. The van der Waals surface area contributed by atoms with Crippen molar-refractivity contribution in [1.29, 1.82) is 0 Å². The lowest BCUT2D eigenvalue weighted by atomic mass is 9.98. The molecule has 0 saturated heterocycles. The van der Waals surface area contributed by atoms with Crippen molar-refractivity contribution >= 4 is 0 Å². The molecule has 3 nitrogen and oxygen atoms in total. The van der Waals surface area contributed by atoms with Crippen LogP contribution < -0.4 is 4.74 Å². The SMILES string of the molecule is CC.CC.CC(Oc1ccccc1)OC1CCCCC1.CCC.CCC.Oc1ccccc1. The van der Waals surface area contributed by atoms with Crippen LogP contribution in [0.3, 0.4) is 0 Å². The smallest absolute Gasteiger partial charge is 0.197 e. The fraction of sp³-hybridized carbons (Fsp3) is 0.600. The van der Waals surface area contributed by atoms with E-state index in [1.807, 2.05) is 71.0 Å². The fourth-order valence-corrected chi connectivity index (χ4v) is 2.62. The Hall–Kier alpha value is -2.00. The number of ether oxygens (including phenoxy) is 2. The number of hydrogen-bond acceptors (Lipinski definition) is 3. The Kier molecular flexibility index (Phi) is 32.4. The van der Waals surface area contributed by atoms with Crippen molar-refractivity contribution in [2.75, 3.05) is 0 Å². The first-order valence-corrected chi connectivity index (χ1v) is 13.2. The van der Waals surface area contributed by atoms with Crippen LogP contribution in [-0.4, -0.2) is 17.5 Å². The summed E-state index contributed by atoms with van der Waals surface area (Å²) in [6.07, 6.45) is 9.06. The molecule has 0 spiro atoms. The molecule has 0 bridgehead atoms. The first kappa shape index (κ1) is 35.6. The normalized spacial score (nSPS) is 12.6. The zero-order valence-corrected chi connectivity index (χ0v) is 23.1. The van der Waals surface area contributed by atoms with Gasteiger partial charge in [0.05, 0.1) is 6.10 Å². The number of phenolic OH excluding ortho intramolecular Hbond substituents is 1. The van der Waals surface area contributed by atoms with Gasteiger partial charge in [-0.1, -0.05) is 124 Å². The van der Waals surface area contributed by atoms with Crippen molar-refractivity contribution in [3.63, 3.8) is 0 Å². The van der Waals surface area contributed by atoms with Gasteiger partial charge >= 0.3 is 0 Å². The molecular weight excluding hydrogens is 408 g/mol. The molecule has 1 N–H and O–H groups in total. The van der Waals surface area contributed by atoms with Gasteiger partial charge in [-0.25, -0.2) is 0 Å². The topological polar surface area (TPSA) is 38.7 Å². The van der Waals surface area contributed by atoms with Gasteiger partial charge in [-0.3, -0.25) is 0 Å². The van der Waals surface area contributed by atoms with Gasteiger partial charge in [-0.2, -0.15) is 0 Å². The van der Waals surface area contributed by atoms with Gasteiger partial charge in [0.1, 0.15) is 11.5 Å². The number of phenols is 1. The van der Waals surface area contributed by atoms with E-state index in [9.17, 15) is 0 Å². The Balaban J connectivity index is -0.000000440. The molecular formula is C30H54O3. The van der Waals surface area contributed by atoms with Crippen LogP contribution in [0.1, 0.15) is 107 Å². The molecule has 0 aliphatic heterocycles. The minimum absolute atomic E-state index is 0.148. The molecule has 1 saturated carbocycles. The average Bonchev–Trinajstić information content (AvgIpc) is 2.85. The van der Waals surface area contributed by atoms with E-state index in [-0.39, 0.29) is 6.29 Å². The van der Waals surface area contributed by atoms with Gasteiger partial charge in [-0.15, -0.1) is 0 Å². The quantitative estimate of drug-likeness (QED) is 0.459. The number of hydrogen-bond donors (Lipinski definition) is 1. The van der Waals surface area contributed by atoms with Gasteiger partial charge < -0.3 is 14.6 Å². The third-order valence-corrected chi connectivity index (χ3v) is 3.74. The standard InChI is InChI=1S/C14H20O2.C6H6O.2C3H8.2C2H6/c1-12(15-13-8-4-2-5-9-13)16-14-10-6-3-7-11-14;7-6-4-2-1-3-5-6;2*1-3-2;2*1-2/h2,4-5,8-9,12,14H,3,6-7,10-11H2,1H3;1-5,7H;2*3H2,1-2H3;2*1-2H3. The third-order valence-electron chi connectivity index (χ3n) is 3.74. The van der Waals surface area contributed by atoms with Crippen LogP contribution in [0.5, 0.6) is 11.5 Å². The van der Waals surface area contributed by atoms with E-state index < -0.39 is 0 Å². The summed E-state index contributed by atoms with van der Waals surface area (Å²) < 4.78 is 11.6. The van der Waals surface area contributed by atoms with Crippen molar-refractivity contribution in [2.24, 2.45) is 0 Å². The molecule has 1 unspecified atom stereocenters. The van der Waals surface area contributed by atoms with Crippen LogP contribution in [0.2, 0.25) is 0 Å². The van der Waals surface area contributed by atoms with Crippen molar-refractivity contribution in [3.05, 3.63) is 60.7 Å². The lowest BCUT2D eigenvalue weighted by Gasteiger charge is -2.25. The molecule has 1 aliphatic carbocycles. The molecule has 2 aromatic carbocycles. The van der Waals surface area contributed by atoms with Crippen LogP contribution in [0, 0.1) is 0 Å². The number of para-hydroxylation sites is 2. The van der Waals surface area contributed by atoms with E-state index >= 15 is 0 Å². The highest BCUT2D eigenvalue weighted by Gasteiger charge is 2.17. The van der Waals surface area contributed by atoms with Gasteiger partial charge in [0.15, 0.2) is 6.29 Å². The Morgan fingerprint density at radius 1 is 0.727 bits per heavy atom. The molecule has 3 rings (SSSR count). The Morgan fingerprint density at radius 3 is 1.48 bits per heavy atom. The summed E-state index contributed by atoms with van der Waals surface area (Å²) in [6, 6.07) is 18.6. The van der Waals surface area contributed by atoms with Crippen molar-refractivity contribution in [1.82, 2.24) is 0 Å². The molecule has 1 fully saturated rings. The highest BCUT2D eigenvalue weighted by atomic mass is 16.7. The first-order chi connectivity index (χ1) is 16.1. The molecule has 0 aromatic heterocycles. The number of benzene rings is 2. The maximum Gasteiger partial charge on any atom is 0.197 e. The maximum absolute atomic E-state index is 8.63. The molecule has 0 amide bonds. The predicted octanol–water partition coefficient (Wildman–Crippen LogP) is 10.0. The molecule has 33 heavy (non-hydrogen) atoms. The maximum atomic E-state index is 8.63. The lowest BCUT2D eigenvalue weighted by Crippen LogP contribution is -2.26. The molecule has 2 aromatic rings. The average molecular weight is 463 g/mol. The monoisotopic (exact) mass is 462 g/mol. The van der Waals surface area contributed by atoms with Gasteiger partial charge in [-0.05, 0) is 44.0 Å². The molecule has 0 radical (unpaired) electrons. The van der Waals surface area contributed by atoms with Crippen LogP contribution in [-0.2, 0) is 4.74 Å². The zero-order chi connectivity index (χ0) is 25.7. The third kappa shape index (κ3) is 26.1. The minimum atomic E-state index is -0.148. The van der Waals surface area contributed by atoms with Gasteiger partial charge in [0, 0.05) is 0 Å². The molecule has 3 heteroatoms. The van der Waals surface area contributed by atoms with Crippen molar-refractivity contribution < 1.29 is 14.6 Å². The fourth-order valence-electron chi connectivity index (χ4n) is 2.62. The number of rotatable bonds is 4. The molecule has 1 aliphatic rings. The summed E-state index contributed by atoms with van der Waals surface area (Å²) >= 11 is 0. The van der Waals surface area contributed by atoms with E-state index in [0.717, 1.165) is 5.75 Å². The largest absolute Gasteiger partial charge is 0.508 e. The summed E-state index contributed by atoms with van der Waals surface area (Å²) in [7, 11) is 0. The summed E-state index contributed by atoms with van der Waals surface area (Å²) in [5, 5.41) is 8.63. The van der Waals surface area contributed by atoms with E-state index in [2.05, 4.69) is 27.7 Å². The van der Waals surface area contributed by atoms with Gasteiger partial charge in [0.2, 0.25) is 0 Å². The molecule has 192 valence electrons. The summed E-state index contributed by atoms with van der Waals surface area (Å²) in [6.45, 7) is 18.5. The number of aromatic hydroxyl groups is 1. The lowest BCUT2D eigenvalue weighted by molar-refractivity contribution is -0.116. The Morgan fingerprint density at radius 2 is 1.12 bits per heavy atom. The van der Waals surface area contributed by atoms with E-state index in [1.54, 1.807) is 24.3 Å². The zero-order valence-electron chi connectivity index (χ0n) is 23.1. The van der Waals surface area contributed by atoms with Crippen LogP contribution in [0.15, 0.2) is 60.7 Å². The highest BCUT2D eigenvalue weighted by Crippen LogP contribution is 2.22. The van der Waals surface area contributed by atoms with Crippen molar-refractivity contribution in [3.8, 4) is 11.5 Å². The van der Waals surface area contributed by atoms with E-state index in [4.69, 9.17) is 14.6 Å². The summed E-state index contributed by atoms with van der Waals surface area (Å²) in [4.78, 5) is 0. The second kappa shape index (κ2) is 30.0. The highest BCUT2D eigenvalue weighted by molar-refractivity contribution is 5.21. The van der Waals surface area contributed by atoms with E-state index in [1.165, 1.54) is 44.9 Å². The first-order valence-electron chi connectivity index (χ1n) is 13.2. The second-order valence-electron chi connectivity index (χ2n) is 7.14. The minimum Gasteiger partial charge on any atom is -0.508 e. The van der Waals surface area contributed by atoms with Crippen LogP contribution in [0.25, 0.3) is 0 Å². The summed E-state index contributed by atoms with van der Waals surface area (Å²) in [5.74, 6) is 1.20. The van der Waals surface area contributed by atoms with Gasteiger partial charge in [0.25, 0.3) is 0 Å². The molecule has 1 atom stereocenters. The summed E-state index contributed by atoms with van der Waals surface area (Å²) in [5.41, 5.74) is 0. The van der Waals surface area contributed by atoms with E-state index in [0.29, 0.717) is 11.9 Å². The Labute approximate surface area is 206 Å². The van der Waals surface area contributed by atoms with Crippen LogP contribution >= 0.6 is 0 Å². The second-order valence-corrected chi connectivity index (χ2v) is 7.14. The van der Waals surface area contributed by atoms with Crippen molar-refractivity contribution in [2.45, 2.75) is 120 Å². The Bertz CT molecular complexity index is 549.